The van der Waals surface area contributed by atoms with Crippen molar-refractivity contribution in [3.63, 3.8) is 0 Å². The van der Waals surface area contributed by atoms with Crippen molar-refractivity contribution in [1.29, 1.82) is 0 Å². The summed E-state index contributed by atoms with van der Waals surface area (Å²) >= 11 is 1.71. The van der Waals surface area contributed by atoms with Crippen LogP contribution in [0, 0.1) is 0 Å². The van der Waals surface area contributed by atoms with Crippen LogP contribution in [0.15, 0.2) is 42.5 Å². The van der Waals surface area contributed by atoms with Gasteiger partial charge in [-0.2, -0.15) is 11.8 Å². The average Bonchev–Trinajstić information content (AvgIpc) is 2.94. The quantitative estimate of drug-likeness (QED) is 0.452. The smallest absolute Gasteiger partial charge is 0.329 e. The van der Waals surface area contributed by atoms with Crippen LogP contribution in [-0.2, 0) is 15.1 Å². The lowest BCUT2D eigenvalue weighted by Gasteiger charge is -2.45. The Hall–Kier alpha value is -2.46. The Morgan fingerprint density at radius 2 is 1.97 bits per heavy atom. The second-order valence-electron chi connectivity index (χ2n) is 9.29. The SMILES string of the molecule is CCC(c1cccc(OCCN2CCOCC2)c1)C1SCCNC1(C(=O)O)c1ccc(OC)c(OC)c1. The van der Waals surface area contributed by atoms with Crippen molar-refractivity contribution in [3.8, 4) is 17.2 Å². The molecule has 0 aromatic heterocycles. The molecule has 0 radical (unpaired) electrons. The fourth-order valence-electron chi connectivity index (χ4n) is 5.32. The van der Waals surface area contributed by atoms with Gasteiger partial charge in [-0.15, -0.1) is 0 Å². The summed E-state index contributed by atoms with van der Waals surface area (Å²) in [6, 6.07) is 13.5. The Morgan fingerprint density at radius 1 is 1.19 bits per heavy atom. The van der Waals surface area contributed by atoms with Crippen molar-refractivity contribution in [1.82, 2.24) is 10.2 Å². The summed E-state index contributed by atoms with van der Waals surface area (Å²) in [6.45, 7) is 7.58. The number of nitrogens with zero attached hydrogens (tertiary/aromatic N) is 1. The number of carboxylic acid groups (broad SMARTS) is 1. The van der Waals surface area contributed by atoms with Crippen molar-refractivity contribution >= 4 is 17.7 Å². The van der Waals surface area contributed by atoms with E-state index in [4.69, 9.17) is 18.9 Å². The fraction of sp³-hybridized carbons (Fsp3) is 0.536. The molecule has 2 aromatic rings. The number of benzene rings is 2. The highest BCUT2D eigenvalue weighted by Gasteiger charge is 2.52. The van der Waals surface area contributed by atoms with Gasteiger partial charge in [0, 0.05) is 37.2 Å². The van der Waals surface area contributed by atoms with Crippen LogP contribution in [0.1, 0.15) is 30.4 Å². The zero-order valence-electron chi connectivity index (χ0n) is 21.9. The molecule has 2 aliphatic rings. The maximum atomic E-state index is 13.1. The highest BCUT2D eigenvalue weighted by atomic mass is 32.2. The number of hydrogen-bond donors (Lipinski definition) is 2. The van der Waals surface area contributed by atoms with Crippen LogP contribution in [0.3, 0.4) is 0 Å². The van der Waals surface area contributed by atoms with Gasteiger partial charge in [-0.25, -0.2) is 4.79 Å². The molecule has 2 aliphatic heterocycles. The minimum atomic E-state index is -1.28. The third-order valence-corrected chi connectivity index (χ3v) is 8.76. The van der Waals surface area contributed by atoms with Gasteiger partial charge in [0.05, 0.1) is 27.4 Å². The van der Waals surface area contributed by atoms with Crippen molar-refractivity contribution in [2.24, 2.45) is 0 Å². The molecule has 2 N–H and O–H groups in total. The lowest BCUT2D eigenvalue weighted by Crippen LogP contribution is -2.61. The maximum absolute atomic E-state index is 13.1. The largest absolute Gasteiger partial charge is 0.493 e. The number of carboxylic acids is 1. The van der Waals surface area contributed by atoms with Gasteiger partial charge in [0.2, 0.25) is 0 Å². The van der Waals surface area contributed by atoms with Gasteiger partial charge in [-0.3, -0.25) is 10.2 Å². The van der Waals surface area contributed by atoms with Gasteiger partial charge in [0.25, 0.3) is 0 Å². The molecule has 9 heteroatoms. The first-order valence-electron chi connectivity index (χ1n) is 12.9. The standard InChI is InChI=1S/C28H38N2O6S/c1-4-23(20-6-5-7-22(18-20)36-16-13-30-11-14-35-15-12-30)26-28(27(31)32,29-10-17-37-26)21-8-9-24(33-2)25(19-21)34-3/h5-9,18-19,23,26,29H,4,10-17H2,1-3H3,(H,31,32). The number of rotatable bonds is 11. The molecule has 2 heterocycles. The summed E-state index contributed by atoms with van der Waals surface area (Å²) in [4.78, 5) is 15.4. The van der Waals surface area contributed by atoms with Crippen LogP contribution in [0.5, 0.6) is 17.2 Å². The van der Waals surface area contributed by atoms with Gasteiger partial charge in [-0.1, -0.05) is 25.1 Å². The fourth-order valence-corrected chi connectivity index (χ4v) is 6.95. The van der Waals surface area contributed by atoms with Crippen molar-refractivity contribution in [2.45, 2.75) is 30.1 Å². The van der Waals surface area contributed by atoms with Gasteiger partial charge in [0.1, 0.15) is 12.4 Å². The summed E-state index contributed by atoms with van der Waals surface area (Å²) in [6.07, 6.45) is 0.791. The number of nitrogens with one attached hydrogen (secondary N) is 1. The van der Waals surface area contributed by atoms with E-state index in [2.05, 4.69) is 29.3 Å². The number of hydrogen-bond acceptors (Lipinski definition) is 8. The number of methoxy groups -OCH3 is 2. The molecule has 0 amide bonds. The monoisotopic (exact) mass is 530 g/mol. The Balaban J connectivity index is 1.61. The first-order valence-corrected chi connectivity index (χ1v) is 13.9. The van der Waals surface area contributed by atoms with E-state index in [0.717, 1.165) is 56.3 Å². The zero-order valence-corrected chi connectivity index (χ0v) is 22.7. The molecule has 0 spiro atoms. The molecule has 37 heavy (non-hydrogen) atoms. The number of ether oxygens (including phenoxy) is 4. The summed E-state index contributed by atoms with van der Waals surface area (Å²) < 4.78 is 22.5. The van der Waals surface area contributed by atoms with Gasteiger partial charge in [-0.05, 0) is 47.7 Å². The molecular weight excluding hydrogens is 492 g/mol. The van der Waals surface area contributed by atoms with Crippen LogP contribution in [0.4, 0.5) is 0 Å². The van der Waals surface area contributed by atoms with E-state index < -0.39 is 11.5 Å². The van der Waals surface area contributed by atoms with Crippen LogP contribution in [0.25, 0.3) is 0 Å². The Labute approximate surface area is 223 Å². The maximum Gasteiger partial charge on any atom is 0.329 e. The van der Waals surface area contributed by atoms with E-state index in [1.165, 1.54) is 0 Å². The minimum absolute atomic E-state index is 0.00945. The van der Waals surface area contributed by atoms with Gasteiger partial charge >= 0.3 is 5.97 Å². The lowest BCUT2D eigenvalue weighted by molar-refractivity contribution is -0.145. The highest BCUT2D eigenvalue weighted by molar-refractivity contribution is 8.00. The van der Waals surface area contributed by atoms with E-state index in [1.54, 1.807) is 38.1 Å². The highest BCUT2D eigenvalue weighted by Crippen LogP contribution is 2.47. The van der Waals surface area contributed by atoms with Crippen molar-refractivity contribution in [2.75, 3.05) is 66.0 Å². The van der Waals surface area contributed by atoms with E-state index >= 15 is 0 Å². The molecule has 2 saturated heterocycles. The van der Waals surface area contributed by atoms with Gasteiger partial charge < -0.3 is 24.1 Å². The third-order valence-electron chi connectivity index (χ3n) is 7.28. The molecule has 3 atom stereocenters. The van der Waals surface area contributed by atoms with E-state index in [9.17, 15) is 9.90 Å². The lowest BCUT2D eigenvalue weighted by atomic mass is 9.76. The van der Waals surface area contributed by atoms with E-state index in [1.807, 2.05) is 18.2 Å². The first-order chi connectivity index (χ1) is 18.0. The Bertz CT molecular complexity index is 1050. The van der Waals surface area contributed by atoms with Crippen LogP contribution >= 0.6 is 11.8 Å². The third kappa shape index (κ3) is 6.00. The summed E-state index contributed by atoms with van der Waals surface area (Å²) in [5, 5.41) is 13.9. The number of carbonyl (C=O) groups is 1. The minimum Gasteiger partial charge on any atom is -0.493 e. The summed E-state index contributed by atoms with van der Waals surface area (Å²) in [5.41, 5.74) is 0.459. The van der Waals surface area contributed by atoms with E-state index in [-0.39, 0.29) is 11.2 Å². The molecule has 0 aliphatic carbocycles. The van der Waals surface area contributed by atoms with Crippen molar-refractivity contribution in [3.05, 3.63) is 53.6 Å². The number of morpholine rings is 1. The van der Waals surface area contributed by atoms with Crippen LogP contribution in [-0.4, -0.2) is 87.2 Å². The second-order valence-corrected chi connectivity index (χ2v) is 10.5. The molecule has 2 fully saturated rings. The normalized spacial score (nSPS) is 23.3. The van der Waals surface area contributed by atoms with Crippen LogP contribution < -0.4 is 19.5 Å². The second kappa shape index (κ2) is 12.9. The Kier molecular flexibility index (Phi) is 9.59. The first kappa shape index (κ1) is 27.6. The van der Waals surface area contributed by atoms with Crippen LogP contribution in [0.2, 0.25) is 0 Å². The molecular formula is C28H38N2O6S. The molecule has 4 rings (SSSR count). The predicted octanol–water partition coefficient (Wildman–Crippen LogP) is 3.59. The average molecular weight is 531 g/mol. The molecule has 202 valence electrons. The predicted molar refractivity (Wildman–Crippen MR) is 145 cm³/mol. The van der Waals surface area contributed by atoms with Gasteiger partial charge in [0.15, 0.2) is 17.0 Å². The molecule has 2 aromatic carbocycles. The molecule has 3 unspecified atom stereocenters. The number of aliphatic carboxylic acids is 1. The molecule has 8 nitrogen and oxygen atoms in total. The zero-order chi connectivity index (χ0) is 26.3. The topological polar surface area (TPSA) is 89.5 Å². The summed E-state index contributed by atoms with van der Waals surface area (Å²) in [7, 11) is 3.14. The molecule has 0 saturated carbocycles. The van der Waals surface area contributed by atoms with E-state index in [0.29, 0.717) is 30.2 Å². The Morgan fingerprint density at radius 3 is 2.68 bits per heavy atom. The summed E-state index contributed by atoms with van der Waals surface area (Å²) in [5.74, 6) is 1.82. The van der Waals surface area contributed by atoms with Crippen molar-refractivity contribution < 1.29 is 28.8 Å². The molecule has 0 bridgehead atoms. The number of thioether (sulfide) groups is 1.